The van der Waals surface area contributed by atoms with E-state index in [9.17, 15) is 0 Å². The summed E-state index contributed by atoms with van der Waals surface area (Å²) in [4.78, 5) is 0. The Morgan fingerprint density at radius 1 is 1.05 bits per heavy atom. The lowest BCUT2D eigenvalue weighted by Crippen LogP contribution is -1.93. The summed E-state index contributed by atoms with van der Waals surface area (Å²) < 4.78 is 1.86. The minimum Gasteiger partial charge on any atom is -0.398 e. The van der Waals surface area contributed by atoms with Crippen molar-refractivity contribution in [2.75, 3.05) is 5.73 Å². The predicted octanol–water partition coefficient (Wildman–Crippen LogP) is 3.43. The summed E-state index contributed by atoms with van der Waals surface area (Å²) in [6, 6.07) is 16.1. The van der Waals surface area contributed by atoms with Crippen LogP contribution in [-0.4, -0.2) is 9.78 Å². The molecule has 0 unspecified atom stereocenters. The SMILES string of the molecule is Cc1ccc(-c2cnn(-c3ccccc3)c2)c(N)c1. The highest BCUT2D eigenvalue weighted by Crippen LogP contribution is 2.26. The van der Waals surface area contributed by atoms with Crippen LogP contribution in [0.25, 0.3) is 16.8 Å². The van der Waals surface area contributed by atoms with Gasteiger partial charge in [-0.1, -0.05) is 30.3 Å². The van der Waals surface area contributed by atoms with E-state index in [1.807, 2.05) is 66.5 Å². The largest absolute Gasteiger partial charge is 0.398 e. The van der Waals surface area contributed by atoms with Crippen LogP contribution in [0.1, 0.15) is 5.56 Å². The molecule has 3 aromatic rings. The third-order valence-electron chi connectivity index (χ3n) is 3.12. The number of nitrogens with two attached hydrogens (primary N) is 1. The third kappa shape index (κ3) is 2.22. The molecular formula is C16H15N3. The minimum atomic E-state index is 0.785. The molecule has 0 saturated carbocycles. The van der Waals surface area contributed by atoms with Crippen molar-refractivity contribution in [2.45, 2.75) is 6.92 Å². The van der Waals surface area contributed by atoms with Crippen LogP contribution in [0.3, 0.4) is 0 Å². The van der Waals surface area contributed by atoms with Gasteiger partial charge in [0.05, 0.1) is 11.9 Å². The Balaban J connectivity index is 2.02. The van der Waals surface area contributed by atoms with Crippen LogP contribution in [0, 0.1) is 6.92 Å². The monoisotopic (exact) mass is 249 g/mol. The molecule has 3 nitrogen and oxygen atoms in total. The molecule has 0 saturated heterocycles. The highest BCUT2D eigenvalue weighted by atomic mass is 15.3. The van der Waals surface area contributed by atoms with Gasteiger partial charge >= 0.3 is 0 Å². The Kier molecular flexibility index (Phi) is 2.80. The minimum absolute atomic E-state index is 0.785. The quantitative estimate of drug-likeness (QED) is 0.707. The molecule has 2 N–H and O–H groups in total. The van der Waals surface area contributed by atoms with Crippen LogP contribution in [0.4, 0.5) is 5.69 Å². The first-order chi connectivity index (χ1) is 9.24. The molecule has 0 aliphatic heterocycles. The molecule has 0 bridgehead atoms. The van der Waals surface area contributed by atoms with E-state index in [0.717, 1.165) is 28.1 Å². The summed E-state index contributed by atoms with van der Waals surface area (Å²) in [5.41, 5.74) is 11.1. The number of nitrogen functional groups attached to an aromatic ring is 1. The van der Waals surface area contributed by atoms with Crippen molar-refractivity contribution in [3.63, 3.8) is 0 Å². The Morgan fingerprint density at radius 3 is 2.58 bits per heavy atom. The molecule has 3 heteroatoms. The number of nitrogens with zero attached hydrogens (tertiary/aromatic N) is 2. The van der Waals surface area contributed by atoms with Gasteiger partial charge in [0.1, 0.15) is 0 Å². The number of aryl methyl sites for hydroxylation is 1. The highest BCUT2D eigenvalue weighted by molar-refractivity contribution is 5.76. The maximum absolute atomic E-state index is 6.06. The van der Waals surface area contributed by atoms with Crippen molar-refractivity contribution in [1.82, 2.24) is 9.78 Å². The van der Waals surface area contributed by atoms with E-state index < -0.39 is 0 Å². The van der Waals surface area contributed by atoms with Gasteiger partial charge in [0.15, 0.2) is 0 Å². The summed E-state index contributed by atoms with van der Waals surface area (Å²) >= 11 is 0. The first-order valence-electron chi connectivity index (χ1n) is 6.20. The first kappa shape index (κ1) is 11.5. The standard InChI is InChI=1S/C16H15N3/c1-12-7-8-15(16(17)9-12)13-10-18-19(11-13)14-5-3-2-4-6-14/h2-11H,17H2,1H3. The normalized spacial score (nSPS) is 10.6. The Morgan fingerprint density at radius 2 is 1.84 bits per heavy atom. The van der Waals surface area contributed by atoms with Crippen LogP contribution in [0.2, 0.25) is 0 Å². The smallest absolute Gasteiger partial charge is 0.0645 e. The Hall–Kier alpha value is -2.55. The highest BCUT2D eigenvalue weighted by Gasteiger charge is 2.06. The Bertz CT molecular complexity index is 699. The van der Waals surface area contributed by atoms with Crippen molar-refractivity contribution in [3.8, 4) is 16.8 Å². The lowest BCUT2D eigenvalue weighted by molar-refractivity contribution is 0.881. The van der Waals surface area contributed by atoms with Crippen LogP contribution in [-0.2, 0) is 0 Å². The van der Waals surface area contributed by atoms with E-state index in [1.54, 1.807) is 0 Å². The Labute approximate surface area is 112 Å². The fraction of sp³-hybridized carbons (Fsp3) is 0.0625. The molecule has 0 atom stereocenters. The van der Waals surface area contributed by atoms with Gasteiger partial charge in [0, 0.05) is 23.0 Å². The van der Waals surface area contributed by atoms with Crippen molar-refractivity contribution >= 4 is 5.69 Å². The number of hydrogen-bond donors (Lipinski definition) is 1. The number of anilines is 1. The molecule has 0 fully saturated rings. The zero-order valence-corrected chi connectivity index (χ0v) is 10.7. The molecule has 2 aromatic carbocycles. The van der Waals surface area contributed by atoms with E-state index in [2.05, 4.69) is 11.2 Å². The van der Waals surface area contributed by atoms with Crippen molar-refractivity contribution in [2.24, 2.45) is 0 Å². The molecule has 0 aliphatic carbocycles. The van der Waals surface area contributed by atoms with E-state index >= 15 is 0 Å². The second kappa shape index (κ2) is 4.61. The molecule has 0 amide bonds. The fourth-order valence-corrected chi connectivity index (χ4v) is 2.13. The maximum atomic E-state index is 6.06. The summed E-state index contributed by atoms with van der Waals surface area (Å²) in [6.07, 6.45) is 3.84. The fourth-order valence-electron chi connectivity index (χ4n) is 2.13. The van der Waals surface area contributed by atoms with Crippen LogP contribution in [0.15, 0.2) is 60.9 Å². The lowest BCUT2D eigenvalue weighted by Gasteiger charge is -2.04. The van der Waals surface area contributed by atoms with Gasteiger partial charge in [-0.15, -0.1) is 0 Å². The van der Waals surface area contributed by atoms with Gasteiger partial charge in [0.2, 0.25) is 0 Å². The van der Waals surface area contributed by atoms with E-state index in [1.165, 1.54) is 0 Å². The number of benzene rings is 2. The van der Waals surface area contributed by atoms with Gasteiger partial charge in [-0.3, -0.25) is 0 Å². The van der Waals surface area contributed by atoms with Gasteiger partial charge < -0.3 is 5.73 Å². The van der Waals surface area contributed by atoms with E-state index in [0.29, 0.717) is 0 Å². The maximum Gasteiger partial charge on any atom is 0.0645 e. The predicted molar refractivity (Wildman–Crippen MR) is 78.1 cm³/mol. The van der Waals surface area contributed by atoms with E-state index in [4.69, 9.17) is 5.73 Å². The third-order valence-corrected chi connectivity index (χ3v) is 3.12. The van der Waals surface area contributed by atoms with Crippen molar-refractivity contribution in [1.29, 1.82) is 0 Å². The summed E-state index contributed by atoms with van der Waals surface area (Å²) in [5, 5.41) is 4.39. The second-order valence-corrected chi connectivity index (χ2v) is 4.60. The average molecular weight is 249 g/mol. The van der Waals surface area contributed by atoms with Crippen LogP contribution < -0.4 is 5.73 Å². The van der Waals surface area contributed by atoms with E-state index in [-0.39, 0.29) is 0 Å². The van der Waals surface area contributed by atoms with Crippen LogP contribution >= 0.6 is 0 Å². The first-order valence-corrected chi connectivity index (χ1v) is 6.20. The summed E-state index contributed by atoms with van der Waals surface area (Å²) in [5.74, 6) is 0. The molecule has 3 rings (SSSR count). The van der Waals surface area contributed by atoms with Gasteiger partial charge in [-0.2, -0.15) is 5.10 Å². The lowest BCUT2D eigenvalue weighted by atomic mass is 10.1. The van der Waals surface area contributed by atoms with Gasteiger partial charge in [-0.25, -0.2) is 4.68 Å². The van der Waals surface area contributed by atoms with Crippen molar-refractivity contribution < 1.29 is 0 Å². The zero-order valence-electron chi connectivity index (χ0n) is 10.7. The summed E-state index contributed by atoms with van der Waals surface area (Å²) in [6.45, 7) is 2.04. The molecule has 94 valence electrons. The zero-order chi connectivity index (χ0) is 13.2. The van der Waals surface area contributed by atoms with Gasteiger partial charge in [0.25, 0.3) is 0 Å². The molecule has 19 heavy (non-hydrogen) atoms. The molecule has 1 aromatic heterocycles. The second-order valence-electron chi connectivity index (χ2n) is 4.60. The topological polar surface area (TPSA) is 43.8 Å². The number of hydrogen-bond acceptors (Lipinski definition) is 2. The van der Waals surface area contributed by atoms with Crippen LogP contribution in [0.5, 0.6) is 0 Å². The molecule has 0 aliphatic rings. The molecule has 0 radical (unpaired) electrons. The average Bonchev–Trinajstić information content (AvgIpc) is 2.89. The molecular weight excluding hydrogens is 234 g/mol. The van der Waals surface area contributed by atoms with Crippen molar-refractivity contribution in [3.05, 3.63) is 66.5 Å². The van der Waals surface area contributed by atoms with Gasteiger partial charge in [-0.05, 0) is 30.7 Å². The molecule has 0 spiro atoms. The molecule has 1 heterocycles. The number of rotatable bonds is 2. The number of aromatic nitrogens is 2. The summed E-state index contributed by atoms with van der Waals surface area (Å²) in [7, 11) is 0. The number of para-hydroxylation sites is 1.